The van der Waals surface area contributed by atoms with E-state index < -0.39 is 5.91 Å². The van der Waals surface area contributed by atoms with Gasteiger partial charge in [-0.15, -0.1) is 0 Å². The van der Waals surface area contributed by atoms with E-state index >= 15 is 0 Å². The summed E-state index contributed by atoms with van der Waals surface area (Å²) in [7, 11) is 0. The molecule has 4 nitrogen and oxygen atoms in total. The van der Waals surface area contributed by atoms with Gasteiger partial charge in [-0.1, -0.05) is 46.9 Å². The fourth-order valence-corrected chi connectivity index (χ4v) is 2.14. The standard InChI is InChI=1S/C15H11Cl3N2O2/c16-10-6-5-9(7-12(10)18)15(22)19-8-14(21)20-13-4-2-1-3-11(13)17/h1-7H,8H2,(H,19,22)(H,20,21). The van der Waals surface area contributed by atoms with E-state index in [-0.39, 0.29) is 17.5 Å². The minimum atomic E-state index is -0.423. The molecule has 0 saturated carbocycles. The van der Waals surface area contributed by atoms with Crippen LogP contribution in [0.2, 0.25) is 15.1 Å². The highest BCUT2D eigenvalue weighted by Gasteiger charge is 2.10. The lowest BCUT2D eigenvalue weighted by molar-refractivity contribution is -0.115. The molecule has 0 unspecified atom stereocenters. The summed E-state index contributed by atoms with van der Waals surface area (Å²) >= 11 is 17.5. The third-order valence-corrected chi connectivity index (χ3v) is 3.81. The van der Waals surface area contributed by atoms with Gasteiger partial charge < -0.3 is 10.6 Å². The molecule has 0 aliphatic carbocycles. The third-order valence-electron chi connectivity index (χ3n) is 2.74. The van der Waals surface area contributed by atoms with Gasteiger partial charge in [0.1, 0.15) is 0 Å². The first-order valence-corrected chi connectivity index (χ1v) is 7.38. The fourth-order valence-electron chi connectivity index (χ4n) is 1.66. The number of rotatable bonds is 4. The topological polar surface area (TPSA) is 58.2 Å². The summed E-state index contributed by atoms with van der Waals surface area (Å²) < 4.78 is 0. The van der Waals surface area contributed by atoms with E-state index in [1.54, 1.807) is 24.3 Å². The molecule has 0 spiro atoms. The predicted octanol–water partition coefficient (Wildman–Crippen LogP) is 4.02. The van der Waals surface area contributed by atoms with Gasteiger partial charge >= 0.3 is 0 Å². The molecule has 2 aromatic carbocycles. The van der Waals surface area contributed by atoms with Gasteiger partial charge in [0.15, 0.2) is 0 Å². The Morgan fingerprint density at radius 1 is 0.909 bits per heavy atom. The number of nitrogens with one attached hydrogen (secondary N) is 2. The average molecular weight is 358 g/mol. The van der Waals surface area contributed by atoms with Crippen molar-refractivity contribution in [3.05, 3.63) is 63.1 Å². The third kappa shape index (κ3) is 4.37. The van der Waals surface area contributed by atoms with Crippen LogP contribution in [0.1, 0.15) is 10.4 Å². The molecule has 2 amide bonds. The Morgan fingerprint density at radius 3 is 2.32 bits per heavy atom. The molecular weight excluding hydrogens is 347 g/mol. The Kier molecular flexibility index (Phi) is 5.66. The Bertz CT molecular complexity index is 720. The molecule has 0 atom stereocenters. The van der Waals surface area contributed by atoms with Crippen LogP contribution in [-0.4, -0.2) is 18.4 Å². The summed E-state index contributed by atoms with van der Waals surface area (Å²) in [5.41, 5.74) is 0.804. The van der Waals surface area contributed by atoms with Gasteiger partial charge in [0.05, 0.1) is 27.3 Å². The second-order valence-electron chi connectivity index (χ2n) is 4.34. The monoisotopic (exact) mass is 356 g/mol. The van der Waals surface area contributed by atoms with E-state index in [1.807, 2.05) is 0 Å². The molecule has 0 aliphatic heterocycles. The van der Waals surface area contributed by atoms with E-state index in [0.29, 0.717) is 21.3 Å². The quantitative estimate of drug-likeness (QED) is 0.868. The van der Waals surface area contributed by atoms with E-state index in [9.17, 15) is 9.59 Å². The molecule has 114 valence electrons. The lowest BCUT2D eigenvalue weighted by Gasteiger charge is -2.08. The van der Waals surface area contributed by atoms with Crippen molar-refractivity contribution in [3.63, 3.8) is 0 Å². The van der Waals surface area contributed by atoms with E-state index in [4.69, 9.17) is 34.8 Å². The predicted molar refractivity (Wildman–Crippen MR) is 88.9 cm³/mol. The molecular formula is C15H11Cl3N2O2. The first-order valence-electron chi connectivity index (χ1n) is 6.25. The molecule has 0 radical (unpaired) electrons. The zero-order chi connectivity index (χ0) is 16.1. The molecule has 2 aromatic rings. The van der Waals surface area contributed by atoms with Crippen LogP contribution < -0.4 is 10.6 Å². The van der Waals surface area contributed by atoms with E-state index in [1.165, 1.54) is 18.2 Å². The summed E-state index contributed by atoms with van der Waals surface area (Å²) in [6.45, 7) is -0.190. The van der Waals surface area contributed by atoms with Crippen molar-refractivity contribution in [2.24, 2.45) is 0 Å². The van der Waals surface area contributed by atoms with Crippen molar-refractivity contribution >= 4 is 52.3 Å². The first-order chi connectivity index (χ1) is 10.5. The largest absolute Gasteiger partial charge is 0.343 e. The van der Waals surface area contributed by atoms with Gasteiger partial charge in [-0.05, 0) is 30.3 Å². The number of para-hydroxylation sites is 1. The van der Waals surface area contributed by atoms with Gasteiger partial charge in [-0.3, -0.25) is 9.59 Å². The molecule has 22 heavy (non-hydrogen) atoms. The Hall–Kier alpha value is -1.75. The summed E-state index contributed by atoms with van der Waals surface area (Å²) in [4.78, 5) is 23.7. The Balaban J connectivity index is 1.92. The van der Waals surface area contributed by atoms with E-state index in [2.05, 4.69) is 10.6 Å². The second-order valence-corrected chi connectivity index (χ2v) is 5.56. The molecule has 2 rings (SSSR count). The minimum absolute atomic E-state index is 0.190. The normalized spacial score (nSPS) is 10.1. The second kappa shape index (κ2) is 7.49. The summed E-state index contributed by atoms with van der Waals surface area (Å²) in [6, 6.07) is 11.3. The van der Waals surface area contributed by atoms with Crippen LogP contribution in [0.15, 0.2) is 42.5 Å². The number of halogens is 3. The zero-order valence-electron chi connectivity index (χ0n) is 11.2. The van der Waals surface area contributed by atoms with Crippen LogP contribution in [0.4, 0.5) is 5.69 Å². The first kappa shape index (κ1) is 16.6. The van der Waals surface area contributed by atoms with Gasteiger partial charge in [-0.2, -0.15) is 0 Å². The zero-order valence-corrected chi connectivity index (χ0v) is 13.5. The average Bonchev–Trinajstić information content (AvgIpc) is 2.50. The highest BCUT2D eigenvalue weighted by atomic mass is 35.5. The molecule has 2 N–H and O–H groups in total. The van der Waals surface area contributed by atoms with E-state index in [0.717, 1.165) is 0 Å². The fraction of sp³-hybridized carbons (Fsp3) is 0.0667. The van der Waals surface area contributed by atoms with Crippen molar-refractivity contribution in [3.8, 4) is 0 Å². The molecule has 0 saturated heterocycles. The maximum Gasteiger partial charge on any atom is 0.251 e. The smallest absolute Gasteiger partial charge is 0.251 e. The van der Waals surface area contributed by atoms with Crippen molar-refractivity contribution in [1.82, 2.24) is 5.32 Å². The molecule has 0 bridgehead atoms. The van der Waals surface area contributed by atoms with Crippen LogP contribution in [0.5, 0.6) is 0 Å². The van der Waals surface area contributed by atoms with Gasteiger partial charge in [-0.25, -0.2) is 0 Å². The molecule has 0 fully saturated rings. The molecule has 0 aromatic heterocycles. The van der Waals surface area contributed by atoms with Crippen LogP contribution in [0, 0.1) is 0 Å². The molecule has 0 heterocycles. The number of carbonyl (C=O) groups is 2. The van der Waals surface area contributed by atoms with Crippen LogP contribution in [-0.2, 0) is 4.79 Å². The summed E-state index contributed by atoms with van der Waals surface area (Å²) in [6.07, 6.45) is 0. The van der Waals surface area contributed by atoms with Crippen LogP contribution in [0.3, 0.4) is 0 Å². The number of benzene rings is 2. The number of carbonyl (C=O) groups excluding carboxylic acids is 2. The SMILES string of the molecule is O=C(CNC(=O)c1ccc(Cl)c(Cl)c1)Nc1ccccc1Cl. The highest BCUT2D eigenvalue weighted by molar-refractivity contribution is 6.42. The lowest BCUT2D eigenvalue weighted by atomic mass is 10.2. The Labute approximate surface area is 142 Å². The van der Waals surface area contributed by atoms with Crippen molar-refractivity contribution < 1.29 is 9.59 Å². The van der Waals surface area contributed by atoms with Crippen LogP contribution in [0.25, 0.3) is 0 Å². The van der Waals surface area contributed by atoms with Gasteiger partial charge in [0.25, 0.3) is 5.91 Å². The number of anilines is 1. The van der Waals surface area contributed by atoms with Crippen LogP contribution >= 0.6 is 34.8 Å². The maximum absolute atomic E-state index is 11.9. The van der Waals surface area contributed by atoms with Crippen molar-refractivity contribution in [2.45, 2.75) is 0 Å². The van der Waals surface area contributed by atoms with Crippen molar-refractivity contribution in [2.75, 3.05) is 11.9 Å². The van der Waals surface area contributed by atoms with Gasteiger partial charge in [0.2, 0.25) is 5.91 Å². The Morgan fingerprint density at radius 2 is 1.64 bits per heavy atom. The minimum Gasteiger partial charge on any atom is -0.343 e. The lowest BCUT2D eigenvalue weighted by Crippen LogP contribution is -2.32. The highest BCUT2D eigenvalue weighted by Crippen LogP contribution is 2.22. The number of amides is 2. The summed E-state index contributed by atoms with van der Waals surface area (Å²) in [5, 5.41) is 6.15. The maximum atomic E-state index is 11.9. The summed E-state index contributed by atoms with van der Waals surface area (Å²) in [5.74, 6) is -0.811. The number of hydrogen-bond donors (Lipinski definition) is 2. The molecule has 0 aliphatic rings. The van der Waals surface area contributed by atoms with Crippen molar-refractivity contribution in [1.29, 1.82) is 0 Å². The molecule has 7 heteroatoms. The van der Waals surface area contributed by atoms with Gasteiger partial charge in [0, 0.05) is 5.56 Å². The number of hydrogen-bond acceptors (Lipinski definition) is 2.